The third-order valence-corrected chi connectivity index (χ3v) is 7.02. The summed E-state index contributed by atoms with van der Waals surface area (Å²) in [7, 11) is 0. The number of alkyl halides is 1. The van der Waals surface area contributed by atoms with Gasteiger partial charge in [-0.1, -0.05) is 61.9 Å². The number of aromatic amines is 1. The molecule has 0 bridgehead atoms. The van der Waals surface area contributed by atoms with Gasteiger partial charge in [0.1, 0.15) is 11.8 Å². The Bertz CT molecular complexity index is 1290. The van der Waals surface area contributed by atoms with Crippen molar-refractivity contribution in [1.29, 1.82) is 0 Å². The number of aromatic nitrogens is 1. The molecule has 170 valence electrons. The monoisotopic (exact) mass is 480 g/mol. The molecule has 2 unspecified atom stereocenters. The van der Waals surface area contributed by atoms with Crippen LogP contribution in [0.15, 0.2) is 48.5 Å². The number of ether oxygens (including phenoxy) is 1. The number of nitrogens with one attached hydrogen (secondary N) is 1. The van der Waals surface area contributed by atoms with Crippen LogP contribution in [0.2, 0.25) is 5.02 Å². The van der Waals surface area contributed by atoms with Gasteiger partial charge < -0.3 is 9.72 Å². The molecule has 1 amide bonds. The van der Waals surface area contributed by atoms with E-state index in [4.69, 9.17) is 27.9 Å². The van der Waals surface area contributed by atoms with E-state index in [1.54, 1.807) is 29.2 Å². The van der Waals surface area contributed by atoms with Crippen molar-refractivity contribution in [3.8, 4) is 5.75 Å². The SMILES string of the molecule is CC(C)c1ccc(C2c3[nH]c4c(c3CCN2C(=O)Oc2ccc(Cl)cc2)=CC(Cl)CC=4)cc1. The molecule has 0 radical (unpaired) electrons. The van der Waals surface area contributed by atoms with Gasteiger partial charge in [-0.05, 0) is 59.7 Å². The second-order valence-corrected chi connectivity index (χ2v) is 9.95. The Morgan fingerprint density at radius 3 is 2.55 bits per heavy atom. The second kappa shape index (κ2) is 8.92. The van der Waals surface area contributed by atoms with Crippen molar-refractivity contribution >= 4 is 41.4 Å². The first-order chi connectivity index (χ1) is 15.9. The molecule has 0 spiro atoms. The molecular formula is C27H26Cl2N2O2. The van der Waals surface area contributed by atoms with E-state index in [0.29, 0.717) is 23.2 Å². The molecule has 3 aromatic rings. The van der Waals surface area contributed by atoms with Gasteiger partial charge in [0.25, 0.3) is 0 Å². The fourth-order valence-corrected chi connectivity index (χ4v) is 5.06. The summed E-state index contributed by atoms with van der Waals surface area (Å²) in [5.41, 5.74) is 4.59. The minimum atomic E-state index is -0.378. The Labute approximate surface area is 203 Å². The first kappa shape index (κ1) is 22.1. The topological polar surface area (TPSA) is 45.3 Å². The van der Waals surface area contributed by atoms with Gasteiger partial charge in [0.15, 0.2) is 0 Å². The van der Waals surface area contributed by atoms with Crippen LogP contribution in [-0.2, 0) is 6.42 Å². The molecule has 2 aliphatic rings. The number of carbonyl (C=O) groups excluding carboxylic acids is 1. The summed E-state index contributed by atoms with van der Waals surface area (Å²) in [5, 5.41) is 2.86. The van der Waals surface area contributed by atoms with Crippen molar-refractivity contribution < 1.29 is 9.53 Å². The highest BCUT2D eigenvalue weighted by Crippen LogP contribution is 2.34. The molecule has 2 atom stereocenters. The van der Waals surface area contributed by atoms with Crippen molar-refractivity contribution in [2.75, 3.05) is 6.54 Å². The van der Waals surface area contributed by atoms with Crippen molar-refractivity contribution in [3.63, 3.8) is 0 Å². The van der Waals surface area contributed by atoms with E-state index < -0.39 is 0 Å². The molecule has 1 aliphatic heterocycles. The van der Waals surface area contributed by atoms with Crippen molar-refractivity contribution in [3.05, 3.63) is 86.5 Å². The zero-order valence-electron chi connectivity index (χ0n) is 18.6. The molecule has 0 fully saturated rings. The van der Waals surface area contributed by atoms with Crippen LogP contribution in [0.5, 0.6) is 5.75 Å². The van der Waals surface area contributed by atoms with Gasteiger partial charge in [-0.25, -0.2) is 4.79 Å². The predicted octanol–water partition coefficient (Wildman–Crippen LogP) is 5.51. The molecule has 1 aromatic heterocycles. The molecule has 1 N–H and O–H groups in total. The van der Waals surface area contributed by atoms with Crippen molar-refractivity contribution in [2.24, 2.45) is 0 Å². The van der Waals surface area contributed by atoms with Crippen LogP contribution in [0.3, 0.4) is 0 Å². The average molecular weight is 481 g/mol. The molecule has 4 nitrogen and oxygen atoms in total. The Kier molecular flexibility index (Phi) is 5.98. The van der Waals surface area contributed by atoms with Crippen LogP contribution in [0.1, 0.15) is 54.6 Å². The summed E-state index contributed by atoms with van der Waals surface area (Å²) >= 11 is 12.4. The maximum atomic E-state index is 13.3. The van der Waals surface area contributed by atoms with Crippen LogP contribution < -0.4 is 15.3 Å². The quantitative estimate of drug-likeness (QED) is 0.502. The zero-order chi connectivity index (χ0) is 23.1. The molecule has 0 saturated carbocycles. The third kappa shape index (κ3) is 4.30. The van der Waals surface area contributed by atoms with E-state index in [1.165, 1.54) is 16.3 Å². The van der Waals surface area contributed by atoms with Crippen molar-refractivity contribution in [2.45, 2.75) is 44.0 Å². The Morgan fingerprint density at radius 2 is 1.85 bits per heavy atom. The normalized spacial score (nSPS) is 19.4. The van der Waals surface area contributed by atoms with Gasteiger partial charge in [-0.2, -0.15) is 0 Å². The predicted molar refractivity (Wildman–Crippen MR) is 133 cm³/mol. The lowest BCUT2D eigenvalue weighted by atomic mass is 9.91. The van der Waals surface area contributed by atoms with E-state index in [9.17, 15) is 4.79 Å². The van der Waals surface area contributed by atoms with E-state index in [-0.39, 0.29) is 17.5 Å². The van der Waals surface area contributed by atoms with Crippen LogP contribution in [0.4, 0.5) is 4.79 Å². The lowest BCUT2D eigenvalue weighted by Gasteiger charge is -2.35. The summed E-state index contributed by atoms with van der Waals surface area (Å²) in [6.07, 6.45) is 5.44. The Morgan fingerprint density at radius 1 is 1.12 bits per heavy atom. The maximum Gasteiger partial charge on any atom is 0.416 e. The third-order valence-electron chi connectivity index (χ3n) is 6.46. The molecule has 0 saturated heterocycles. The number of carbonyl (C=O) groups is 1. The van der Waals surface area contributed by atoms with Gasteiger partial charge in [-0.15, -0.1) is 11.6 Å². The highest BCUT2D eigenvalue weighted by molar-refractivity contribution is 6.30. The summed E-state index contributed by atoms with van der Waals surface area (Å²) < 4.78 is 5.73. The number of benzene rings is 2. The van der Waals surface area contributed by atoms with Gasteiger partial charge >= 0.3 is 6.09 Å². The minimum absolute atomic E-state index is 0.00549. The van der Waals surface area contributed by atoms with Gasteiger partial charge in [0.2, 0.25) is 0 Å². The number of fused-ring (bicyclic) bond motifs is 3. The Balaban J connectivity index is 1.57. The molecule has 33 heavy (non-hydrogen) atoms. The molecular weight excluding hydrogens is 455 g/mol. The fraction of sp³-hybridized carbons (Fsp3) is 0.296. The number of rotatable bonds is 3. The standard InChI is InChI=1S/C27H26Cl2N2O2/c1-16(2)17-3-5-18(6-4-17)26-25-22(23-15-20(29)9-12-24(23)30-25)13-14-31(26)27(32)33-21-10-7-19(28)8-11-21/h3-8,10-12,15-16,20,26,30H,9,13-14H2,1-2H3. The largest absolute Gasteiger partial charge is 0.416 e. The number of nitrogens with zero attached hydrogens (tertiary/aromatic N) is 1. The number of hydrogen-bond donors (Lipinski definition) is 1. The van der Waals surface area contributed by atoms with Crippen LogP contribution in [0.25, 0.3) is 12.2 Å². The van der Waals surface area contributed by atoms with Gasteiger partial charge in [0, 0.05) is 27.8 Å². The molecule has 2 aromatic carbocycles. The summed E-state index contributed by atoms with van der Waals surface area (Å²) in [4.78, 5) is 18.7. The summed E-state index contributed by atoms with van der Waals surface area (Å²) in [6, 6.07) is 15.1. The van der Waals surface area contributed by atoms with E-state index in [2.05, 4.69) is 55.2 Å². The highest BCUT2D eigenvalue weighted by Gasteiger charge is 2.35. The zero-order valence-corrected chi connectivity index (χ0v) is 20.2. The molecule has 6 heteroatoms. The lowest BCUT2D eigenvalue weighted by molar-refractivity contribution is 0.135. The number of amides is 1. The summed E-state index contributed by atoms with van der Waals surface area (Å²) in [5.74, 6) is 0.913. The maximum absolute atomic E-state index is 13.3. The first-order valence-electron chi connectivity index (χ1n) is 11.3. The first-order valence-corrected chi connectivity index (χ1v) is 12.1. The van der Waals surface area contributed by atoms with E-state index in [0.717, 1.165) is 29.4 Å². The van der Waals surface area contributed by atoms with Gasteiger partial charge in [-0.3, -0.25) is 4.90 Å². The number of hydrogen-bond acceptors (Lipinski definition) is 2. The second-order valence-electron chi connectivity index (χ2n) is 8.96. The molecule has 5 rings (SSSR count). The minimum Gasteiger partial charge on any atom is -0.410 e. The van der Waals surface area contributed by atoms with E-state index in [1.807, 2.05) is 0 Å². The average Bonchev–Trinajstić information content (AvgIpc) is 3.17. The van der Waals surface area contributed by atoms with Crippen LogP contribution in [0, 0.1) is 0 Å². The van der Waals surface area contributed by atoms with E-state index >= 15 is 0 Å². The highest BCUT2D eigenvalue weighted by atomic mass is 35.5. The smallest absolute Gasteiger partial charge is 0.410 e. The van der Waals surface area contributed by atoms with Crippen LogP contribution in [-0.4, -0.2) is 27.9 Å². The Hall–Kier alpha value is -2.69. The fourth-order valence-electron chi connectivity index (χ4n) is 4.71. The van der Waals surface area contributed by atoms with Crippen molar-refractivity contribution in [1.82, 2.24) is 9.88 Å². The van der Waals surface area contributed by atoms with Crippen LogP contribution >= 0.6 is 23.2 Å². The number of halogens is 2. The van der Waals surface area contributed by atoms with Gasteiger partial charge in [0.05, 0.1) is 5.38 Å². The lowest BCUT2D eigenvalue weighted by Crippen LogP contribution is -2.43. The molecule has 2 heterocycles. The number of H-pyrrole nitrogens is 1. The molecule has 1 aliphatic carbocycles. The summed E-state index contributed by atoms with van der Waals surface area (Å²) in [6.45, 7) is 4.91.